The number of rotatable bonds is 6. The molecule has 0 saturated heterocycles. The number of aromatic hydroxyl groups is 1. The largest absolute Gasteiger partial charge is 0.506 e. The van der Waals surface area contributed by atoms with Crippen LogP contribution in [0.4, 0.5) is 36.4 Å². The normalized spacial score (nSPS) is 13.8. The van der Waals surface area contributed by atoms with Crippen molar-refractivity contribution in [3.63, 3.8) is 0 Å². The quantitative estimate of drug-likeness (QED) is 0.115. The van der Waals surface area contributed by atoms with Gasteiger partial charge in [-0.05, 0) is 60.9 Å². The summed E-state index contributed by atoms with van der Waals surface area (Å²) in [4.78, 5) is 36.4. The first kappa shape index (κ1) is 44.0. The first-order valence-corrected chi connectivity index (χ1v) is 16.7. The lowest BCUT2D eigenvalue weighted by molar-refractivity contribution is -0.138. The van der Waals surface area contributed by atoms with Crippen LogP contribution in [-0.4, -0.2) is 41.2 Å². The summed E-state index contributed by atoms with van der Waals surface area (Å²) in [6, 6.07) is 8.58. The van der Waals surface area contributed by atoms with Crippen LogP contribution in [0.2, 0.25) is 0 Å². The number of nitrogens with two attached hydrogens (primary N) is 1. The van der Waals surface area contributed by atoms with Crippen LogP contribution in [0.3, 0.4) is 0 Å². The lowest BCUT2D eigenvalue weighted by atomic mass is 9.97. The van der Waals surface area contributed by atoms with Crippen LogP contribution in [0.25, 0.3) is 10.9 Å². The van der Waals surface area contributed by atoms with E-state index >= 15 is 0 Å². The van der Waals surface area contributed by atoms with Gasteiger partial charge in [-0.3, -0.25) is 14.2 Å². The molecule has 2 heterocycles. The molecule has 3 aromatic carbocycles. The van der Waals surface area contributed by atoms with Gasteiger partial charge in [0.15, 0.2) is 5.56 Å². The molecule has 1 aliphatic rings. The molecule has 5 rings (SSSR count). The fourth-order valence-corrected chi connectivity index (χ4v) is 5.32. The van der Waals surface area contributed by atoms with E-state index < -0.39 is 64.2 Å². The molecule has 16 heteroatoms. The number of aromatic nitrogens is 1. The Morgan fingerprint density at radius 2 is 1.49 bits per heavy atom. The van der Waals surface area contributed by atoms with Crippen molar-refractivity contribution < 1.29 is 50.2 Å². The number of carbonyl (C=O) groups is 2. The number of hydrogen-bond donors (Lipinski definition) is 4. The number of ether oxygens (including phenoxy) is 1. The number of hydrogen-bond acceptors (Lipinski definition) is 7. The van der Waals surface area contributed by atoms with Gasteiger partial charge >= 0.3 is 18.3 Å². The molecule has 0 aliphatic carbocycles. The molecule has 0 fully saturated rings. The SMILES string of the molecule is CC.CC.CC(=O)NCC(N)c1ccc(C(F)(F)F)cc1.CCOC(=O)c1c(O)c2c(F)cc(C)c3c2n(c1=O)C(c1ccc(C(F)(F)F)cc1)CN3. The Balaban J connectivity index is 0.000000392. The summed E-state index contributed by atoms with van der Waals surface area (Å²) < 4.78 is 96.7. The van der Waals surface area contributed by atoms with Crippen molar-refractivity contribution in [1.29, 1.82) is 0 Å². The van der Waals surface area contributed by atoms with Gasteiger partial charge in [0.2, 0.25) is 5.91 Å². The summed E-state index contributed by atoms with van der Waals surface area (Å²) in [5.74, 6) is -3.04. The smallest absolute Gasteiger partial charge is 0.416 e. The molecule has 2 unspecified atom stereocenters. The highest BCUT2D eigenvalue weighted by Crippen LogP contribution is 2.41. The third-order valence-corrected chi connectivity index (χ3v) is 7.72. The third kappa shape index (κ3) is 10.3. The predicted octanol–water partition coefficient (Wildman–Crippen LogP) is 8.26. The molecule has 53 heavy (non-hydrogen) atoms. The number of benzene rings is 3. The van der Waals surface area contributed by atoms with Gasteiger partial charge in [0.05, 0.1) is 40.4 Å². The van der Waals surface area contributed by atoms with Crippen LogP contribution in [0.5, 0.6) is 5.75 Å². The maximum absolute atomic E-state index is 14.9. The van der Waals surface area contributed by atoms with Crippen LogP contribution in [0.15, 0.2) is 59.4 Å². The van der Waals surface area contributed by atoms with Gasteiger partial charge in [-0.25, -0.2) is 9.18 Å². The minimum atomic E-state index is -4.53. The van der Waals surface area contributed by atoms with Gasteiger partial charge in [-0.2, -0.15) is 26.3 Å². The molecule has 0 bridgehead atoms. The van der Waals surface area contributed by atoms with Crippen LogP contribution in [0, 0.1) is 12.7 Å². The van der Waals surface area contributed by atoms with Crippen molar-refractivity contribution in [2.24, 2.45) is 5.73 Å². The number of esters is 1. The van der Waals surface area contributed by atoms with E-state index in [4.69, 9.17) is 10.5 Å². The Labute approximate surface area is 301 Å². The van der Waals surface area contributed by atoms with Crippen LogP contribution in [-0.2, 0) is 21.9 Å². The number of nitrogens with zero attached hydrogens (tertiary/aromatic N) is 1. The third-order valence-electron chi connectivity index (χ3n) is 7.72. The molecule has 5 N–H and O–H groups in total. The molecule has 0 radical (unpaired) electrons. The Morgan fingerprint density at radius 1 is 0.981 bits per heavy atom. The molecule has 1 aromatic heterocycles. The van der Waals surface area contributed by atoms with E-state index in [2.05, 4.69) is 10.6 Å². The van der Waals surface area contributed by atoms with Gasteiger partial charge in [-0.1, -0.05) is 52.0 Å². The van der Waals surface area contributed by atoms with E-state index in [0.29, 0.717) is 22.4 Å². The van der Waals surface area contributed by atoms with E-state index in [0.717, 1.165) is 34.9 Å². The molecular weight excluding hydrogens is 713 g/mol. The maximum Gasteiger partial charge on any atom is 0.416 e. The van der Waals surface area contributed by atoms with Crippen LogP contribution in [0.1, 0.15) is 91.8 Å². The Hall–Kier alpha value is -5.12. The maximum atomic E-state index is 14.9. The van der Waals surface area contributed by atoms with E-state index in [1.165, 1.54) is 38.1 Å². The average Bonchev–Trinajstić information content (AvgIpc) is 3.11. The molecule has 4 aromatic rings. The predicted molar refractivity (Wildman–Crippen MR) is 188 cm³/mol. The summed E-state index contributed by atoms with van der Waals surface area (Å²) in [5, 5.41) is 15.9. The van der Waals surface area contributed by atoms with E-state index in [-0.39, 0.29) is 36.5 Å². The standard InChI is InChI=1S/C22H18F4N2O4.C11H13F3N2O.2C2H6/c1-3-32-21(31)16-19(29)15-13(23)8-10(2)17-18(15)28(20(16)30)14(9-27-17)11-4-6-12(7-5-11)22(24,25)26;1-7(17)16-6-10(15)8-2-4-9(5-3-8)11(12,13)14;2*1-2/h4-8,14,27,29H,3,9H2,1-2H3;2-5,10H,6,15H2,1H3,(H,16,17);2*1-2H3. The molecule has 0 saturated carbocycles. The second-order valence-electron chi connectivity index (χ2n) is 11.1. The van der Waals surface area contributed by atoms with Gasteiger partial charge in [0.25, 0.3) is 5.56 Å². The number of pyridine rings is 1. The Bertz CT molecular complexity index is 1930. The number of alkyl halides is 6. The summed E-state index contributed by atoms with van der Waals surface area (Å²) in [6.45, 7) is 12.7. The summed E-state index contributed by atoms with van der Waals surface area (Å²) in [7, 11) is 0. The van der Waals surface area contributed by atoms with Crippen LogP contribution >= 0.6 is 0 Å². The topological polar surface area (TPSA) is 136 Å². The lowest BCUT2D eigenvalue weighted by Crippen LogP contribution is -2.37. The zero-order valence-corrected chi connectivity index (χ0v) is 30.2. The zero-order chi connectivity index (χ0) is 40.4. The number of anilines is 1. The molecule has 0 spiro atoms. The van der Waals surface area contributed by atoms with E-state index in [9.17, 15) is 50.2 Å². The molecule has 1 amide bonds. The second kappa shape index (κ2) is 18.6. The van der Waals surface area contributed by atoms with Gasteiger partial charge < -0.3 is 26.2 Å². The fourth-order valence-electron chi connectivity index (χ4n) is 5.32. The minimum Gasteiger partial charge on any atom is -0.506 e. The van der Waals surface area contributed by atoms with Gasteiger partial charge in [0, 0.05) is 26.1 Å². The highest BCUT2D eigenvalue weighted by Gasteiger charge is 2.35. The summed E-state index contributed by atoms with van der Waals surface area (Å²) in [5.41, 5.74) is 4.22. The molecule has 1 aliphatic heterocycles. The Kier molecular flexibility index (Phi) is 15.4. The molecule has 290 valence electrons. The molecular formula is C37H43F7N4O5. The molecule has 2 atom stereocenters. The first-order chi connectivity index (χ1) is 24.9. The number of aryl methyl sites for hydroxylation is 1. The van der Waals surface area contributed by atoms with Crippen LogP contribution < -0.4 is 21.9 Å². The van der Waals surface area contributed by atoms with Gasteiger partial charge in [0.1, 0.15) is 11.6 Å². The van der Waals surface area contributed by atoms with Crippen molar-refractivity contribution in [3.8, 4) is 5.75 Å². The first-order valence-electron chi connectivity index (χ1n) is 16.7. The summed E-state index contributed by atoms with van der Waals surface area (Å²) >= 11 is 0. The van der Waals surface area contributed by atoms with Crippen molar-refractivity contribution in [2.75, 3.05) is 25.0 Å². The lowest BCUT2D eigenvalue weighted by Gasteiger charge is -2.31. The number of nitrogens with one attached hydrogen (secondary N) is 2. The minimum absolute atomic E-state index is 0.0224. The van der Waals surface area contributed by atoms with Crippen molar-refractivity contribution in [2.45, 2.75) is 72.9 Å². The number of halogens is 7. The fraction of sp³-hybridized carbons (Fsp3) is 0.378. The number of amides is 1. The highest BCUT2D eigenvalue weighted by atomic mass is 19.4. The average molecular weight is 757 g/mol. The van der Waals surface area contributed by atoms with E-state index in [1.807, 2.05) is 27.7 Å². The Morgan fingerprint density at radius 3 is 1.96 bits per heavy atom. The van der Waals surface area contributed by atoms with E-state index in [1.54, 1.807) is 6.92 Å². The van der Waals surface area contributed by atoms with Crippen molar-refractivity contribution in [3.05, 3.63) is 104 Å². The number of carbonyl (C=O) groups excluding carboxylic acids is 2. The van der Waals surface area contributed by atoms with Gasteiger partial charge in [-0.15, -0.1) is 0 Å². The van der Waals surface area contributed by atoms with Crippen molar-refractivity contribution in [1.82, 2.24) is 9.88 Å². The molecule has 9 nitrogen and oxygen atoms in total. The highest BCUT2D eigenvalue weighted by molar-refractivity contribution is 6.04. The summed E-state index contributed by atoms with van der Waals surface area (Å²) in [6.07, 6.45) is -8.88. The zero-order valence-electron chi connectivity index (χ0n) is 30.2. The second-order valence-corrected chi connectivity index (χ2v) is 11.1. The van der Waals surface area contributed by atoms with Crippen molar-refractivity contribution >= 4 is 28.5 Å². The monoisotopic (exact) mass is 756 g/mol.